The molecule has 1 aromatic heterocycles. The van der Waals surface area contributed by atoms with Gasteiger partial charge in [0.1, 0.15) is 6.33 Å². The van der Waals surface area contributed by atoms with Crippen molar-refractivity contribution in [2.24, 2.45) is 5.92 Å². The second kappa shape index (κ2) is 5.12. The summed E-state index contributed by atoms with van der Waals surface area (Å²) in [5, 5.41) is 8.81. The Hall–Kier alpha value is -2.70. The molecule has 1 atom stereocenters. The van der Waals surface area contributed by atoms with Crippen LogP contribution in [0.3, 0.4) is 0 Å². The van der Waals surface area contributed by atoms with E-state index in [0.29, 0.717) is 12.5 Å². The van der Waals surface area contributed by atoms with E-state index in [0.717, 1.165) is 5.69 Å². The molecule has 2 heterocycles. The number of carbonyl (C=O) groups excluding carboxylic acids is 2. The number of benzene rings is 1. The Bertz CT molecular complexity index is 611. The van der Waals surface area contributed by atoms with E-state index in [1.165, 1.54) is 6.33 Å². The predicted octanol–water partition coefficient (Wildman–Crippen LogP) is 0.796. The van der Waals surface area contributed by atoms with Crippen molar-refractivity contribution in [3.63, 3.8) is 0 Å². The molecule has 3 rings (SSSR count). The number of nitrogens with zero attached hydrogens (tertiary/aromatic N) is 3. The standard InChI is InChI=1S/C13H13N5O2/c19-11-6-9(12(20)16-13-14-8-15-17-13)7-18(11)10-4-2-1-3-5-10/h1-5,8-9H,6-7H2,(H2,14,15,16,17,20)/t9-/m1/s1. The van der Waals surface area contributed by atoms with Crippen LogP contribution in [0.2, 0.25) is 0 Å². The summed E-state index contributed by atoms with van der Waals surface area (Å²) in [6, 6.07) is 9.33. The Morgan fingerprint density at radius 1 is 1.35 bits per heavy atom. The number of rotatable bonds is 3. The van der Waals surface area contributed by atoms with Crippen LogP contribution in [0.1, 0.15) is 6.42 Å². The van der Waals surface area contributed by atoms with Gasteiger partial charge in [-0.2, -0.15) is 10.1 Å². The minimum Gasteiger partial charge on any atom is -0.312 e. The van der Waals surface area contributed by atoms with Crippen LogP contribution in [0.25, 0.3) is 0 Å². The van der Waals surface area contributed by atoms with Crippen molar-refractivity contribution in [1.29, 1.82) is 0 Å². The summed E-state index contributed by atoms with van der Waals surface area (Å²) < 4.78 is 0. The SMILES string of the molecule is O=C(Nc1ncn[nH]1)[C@@H]1CC(=O)N(c2ccccc2)C1. The summed E-state index contributed by atoms with van der Waals surface area (Å²) in [5.41, 5.74) is 0.812. The molecule has 0 aliphatic carbocycles. The largest absolute Gasteiger partial charge is 0.312 e. The molecular formula is C13H13N5O2. The molecule has 20 heavy (non-hydrogen) atoms. The summed E-state index contributed by atoms with van der Waals surface area (Å²) in [6.45, 7) is 0.378. The quantitative estimate of drug-likeness (QED) is 0.863. The van der Waals surface area contributed by atoms with Crippen LogP contribution in [0.5, 0.6) is 0 Å². The van der Waals surface area contributed by atoms with Crippen LogP contribution in [-0.4, -0.2) is 33.5 Å². The molecule has 1 saturated heterocycles. The molecule has 102 valence electrons. The van der Waals surface area contributed by atoms with Crippen LogP contribution in [0.15, 0.2) is 36.7 Å². The molecule has 2 amide bonds. The fourth-order valence-electron chi connectivity index (χ4n) is 2.23. The lowest BCUT2D eigenvalue weighted by Crippen LogP contribution is -2.28. The lowest BCUT2D eigenvalue weighted by molar-refractivity contribution is -0.122. The normalized spacial score (nSPS) is 18.3. The van der Waals surface area contributed by atoms with Gasteiger partial charge in [-0.25, -0.2) is 5.10 Å². The Morgan fingerprint density at radius 2 is 2.15 bits per heavy atom. The molecule has 7 nitrogen and oxygen atoms in total. The number of amides is 2. The number of carbonyl (C=O) groups is 2. The van der Waals surface area contributed by atoms with Crippen molar-refractivity contribution in [3.05, 3.63) is 36.7 Å². The molecule has 0 radical (unpaired) electrons. The van der Waals surface area contributed by atoms with Gasteiger partial charge in [0, 0.05) is 18.7 Å². The van der Waals surface area contributed by atoms with E-state index in [1.54, 1.807) is 4.90 Å². The molecule has 1 aliphatic rings. The van der Waals surface area contributed by atoms with Crippen LogP contribution in [-0.2, 0) is 9.59 Å². The smallest absolute Gasteiger partial charge is 0.232 e. The molecule has 2 aromatic rings. The number of anilines is 2. The van der Waals surface area contributed by atoms with Crippen molar-refractivity contribution in [3.8, 4) is 0 Å². The number of para-hydroxylation sites is 1. The molecule has 1 fully saturated rings. The van der Waals surface area contributed by atoms with Gasteiger partial charge in [0.15, 0.2) is 0 Å². The van der Waals surface area contributed by atoms with Gasteiger partial charge < -0.3 is 4.90 Å². The summed E-state index contributed by atoms with van der Waals surface area (Å²) >= 11 is 0. The zero-order chi connectivity index (χ0) is 13.9. The molecule has 2 N–H and O–H groups in total. The first-order chi connectivity index (χ1) is 9.74. The number of hydrogen-bond acceptors (Lipinski definition) is 4. The third-order valence-electron chi connectivity index (χ3n) is 3.22. The van der Waals surface area contributed by atoms with Gasteiger partial charge in [0.2, 0.25) is 17.8 Å². The third kappa shape index (κ3) is 2.37. The van der Waals surface area contributed by atoms with E-state index in [2.05, 4.69) is 20.5 Å². The Labute approximate surface area is 115 Å². The van der Waals surface area contributed by atoms with Crippen LogP contribution in [0, 0.1) is 5.92 Å². The number of H-pyrrole nitrogens is 1. The number of hydrogen-bond donors (Lipinski definition) is 2. The van der Waals surface area contributed by atoms with E-state index in [4.69, 9.17) is 0 Å². The molecule has 0 bridgehead atoms. The number of aromatic nitrogens is 3. The average Bonchev–Trinajstić information content (AvgIpc) is 3.09. The fraction of sp³-hybridized carbons (Fsp3) is 0.231. The highest BCUT2D eigenvalue weighted by molar-refractivity contribution is 6.03. The van der Waals surface area contributed by atoms with E-state index in [9.17, 15) is 9.59 Å². The lowest BCUT2D eigenvalue weighted by Gasteiger charge is -2.16. The van der Waals surface area contributed by atoms with Crippen molar-refractivity contribution >= 4 is 23.5 Å². The van der Waals surface area contributed by atoms with Crippen molar-refractivity contribution in [2.45, 2.75) is 6.42 Å². The fourth-order valence-corrected chi connectivity index (χ4v) is 2.23. The third-order valence-corrected chi connectivity index (χ3v) is 3.22. The van der Waals surface area contributed by atoms with E-state index < -0.39 is 0 Å². The summed E-state index contributed by atoms with van der Waals surface area (Å²) in [6.07, 6.45) is 1.51. The minimum absolute atomic E-state index is 0.0473. The predicted molar refractivity (Wildman–Crippen MR) is 71.9 cm³/mol. The van der Waals surface area contributed by atoms with E-state index >= 15 is 0 Å². The molecule has 0 spiro atoms. The molecular weight excluding hydrogens is 258 g/mol. The van der Waals surface area contributed by atoms with Gasteiger partial charge in [0.05, 0.1) is 5.92 Å². The lowest BCUT2D eigenvalue weighted by atomic mass is 10.1. The second-order valence-corrected chi connectivity index (χ2v) is 4.56. The summed E-state index contributed by atoms with van der Waals surface area (Å²) in [7, 11) is 0. The Balaban J connectivity index is 1.69. The zero-order valence-electron chi connectivity index (χ0n) is 10.6. The maximum atomic E-state index is 12.1. The highest BCUT2D eigenvalue weighted by Crippen LogP contribution is 2.25. The van der Waals surface area contributed by atoms with Gasteiger partial charge in [-0.15, -0.1) is 0 Å². The Morgan fingerprint density at radius 3 is 2.85 bits per heavy atom. The molecule has 7 heteroatoms. The first-order valence-electron chi connectivity index (χ1n) is 6.25. The van der Waals surface area contributed by atoms with Gasteiger partial charge in [0.25, 0.3) is 0 Å². The minimum atomic E-state index is -0.382. The molecule has 0 saturated carbocycles. The van der Waals surface area contributed by atoms with E-state index in [1.807, 2.05) is 30.3 Å². The highest BCUT2D eigenvalue weighted by atomic mass is 16.2. The number of nitrogens with one attached hydrogen (secondary N) is 2. The molecule has 1 aliphatic heterocycles. The summed E-state index contributed by atoms with van der Waals surface area (Å²) in [5.74, 6) is -0.365. The maximum absolute atomic E-state index is 12.1. The van der Waals surface area contributed by atoms with Crippen molar-refractivity contribution in [1.82, 2.24) is 15.2 Å². The monoisotopic (exact) mass is 271 g/mol. The van der Waals surface area contributed by atoms with E-state index in [-0.39, 0.29) is 24.2 Å². The van der Waals surface area contributed by atoms with Gasteiger partial charge in [-0.1, -0.05) is 18.2 Å². The first-order valence-corrected chi connectivity index (χ1v) is 6.25. The zero-order valence-corrected chi connectivity index (χ0v) is 10.6. The van der Waals surface area contributed by atoms with Crippen molar-refractivity contribution in [2.75, 3.05) is 16.8 Å². The van der Waals surface area contributed by atoms with Gasteiger partial charge in [-0.05, 0) is 12.1 Å². The molecule has 1 aromatic carbocycles. The second-order valence-electron chi connectivity index (χ2n) is 4.56. The van der Waals surface area contributed by atoms with Crippen LogP contribution >= 0.6 is 0 Å². The first kappa shape index (κ1) is 12.3. The molecule has 0 unspecified atom stereocenters. The van der Waals surface area contributed by atoms with Gasteiger partial charge >= 0.3 is 0 Å². The van der Waals surface area contributed by atoms with Crippen LogP contribution in [0.4, 0.5) is 11.6 Å². The van der Waals surface area contributed by atoms with Crippen LogP contribution < -0.4 is 10.2 Å². The highest BCUT2D eigenvalue weighted by Gasteiger charge is 2.35. The number of aromatic amines is 1. The average molecular weight is 271 g/mol. The topological polar surface area (TPSA) is 91.0 Å². The van der Waals surface area contributed by atoms with Gasteiger partial charge in [-0.3, -0.25) is 14.9 Å². The van der Waals surface area contributed by atoms with Crippen molar-refractivity contribution < 1.29 is 9.59 Å². The summed E-state index contributed by atoms with van der Waals surface area (Å²) in [4.78, 5) is 29.5. The maximum Gasteiger partial charge on any atom is 0.232 e. The Kier molecular flexibility index (Phi) is 3.16.